The van der Waals surface area contributed by atoms with Crippen LogP contribution in [-0.4, -0.2) is 30.1 Å². The first-order chi connectivity index (χ1) is 16.8. The molecule has 4 aliphatic rings. The van der Waals surface area contributed by atoms with E-state index in [1.807, 2.05) is 67.6 Å². The number of benzene rings is 2. The van der Waals surface area contributed by atoms with Crippen molar-refractivity contribution < 1.29 is 28.6 Å². The van der Waals surface area contributed by atoms with E-state index in [0.29, 0.717) is 6.42 Å². The molecule has 2 aromatic rings. The third-order valence-electron chi connectivity index (χ3n) is 8.11. The molecule has 1 saturated heterocycles. The van der Waals surface area contributed by atoms with Crippen molar-refractivity contribution >= 4 is 30.1 Å². The van der Waals surface area contributed by atoms with E-state index in [1.54, 1.807) is 6.92 Å². The Labute approximate surface area is 203 Å². The van der Waals surface area contributed by atoms with Gasteiger partial charge in [-0.1, -0.05) is 67.3 Å². The average Bonchev–Trinajstić information content (AvgIpc) is 3.43. The van der Waals surface area contributed by atoms with Crippen LogP contribution in [0.15, 0.2) is 60.7 Å². The van der Waals surface area contributed by atoms with Gasteiger partial charge in [-0.15, -0.1) is 0 Å². The van der Waals surface area contributed by atoms with Crippen molar-refractivity contribution in [3.8, 4) is 0 Å². The zero-order valence-electron chi connectivity index (χ0n) is 19.6. The Kier molecular flexibility index (Phi) is 4.78. The van der Waals surface area contributed by atoms with Gasteiger partial charge >= 0.3 is 17.9 Å². The lowest BCUT2D eigenvalue weighted by atomic mass is 9.78. The first-order valence-electron chi connectivity index (χ1n) is 12.0. The number of hydrogen-bond acceptors (Lipinski definition) is 6. The molecule has 6 rings (SSSR count). The van der Waals surface area contributed by atoms with Gasteiger partial charge in [0, 0.05) is 28.5 Å². The molecular formula is C29H26O6. The molecule has 2 bridgehead atoms. The van der Waals surface area contributed by atoms with Crippen LogP contribution in [0, 0.1) is 23.7 Å². The normalized spacial score (nSPS) is 30.6. The van der Waals surface area contributed by atoms with E-state index in [1.165, 1.54) is 0 Å². The number of carbonyl (C=O) groups excluding carboxylic acids is 3. The van der Waals surface area contributed by atoms with Crippen LogP contribution in [-0.2, 0) is 34.2 Å². The Bertz CT molecular complexity index is 1260. The highest BCUT2D eigenvalue weighted by Gasteiger charge is 2.70. The van der Waals surface area contributed by atoms with E-state index >= 15 is 0 Å². The smallest absolute Gasteiger partial charge is 0.333 e. The number of fused-ring (bicyclic) bond motifs is 3. The highest BCUT2D eigenvalue weighted by molar-refractivity contribution is 5.89. The maximum atomic E-state index is 13.9. The van der Waals surface area contributed by atoms with Gasteiger partial charge in [0.25, 0.3) is 0 Å². The van der Waals surface area contributed by atoms with Gasteiger partial charge in [-0.25, -0.2) is 4.79 Å². The molecule has 1 aliphatic heterocycles. The van der Waals surface area contributed by atoms with Crippen LogP contribution in [0.25, 0.3) is 12.2 Å². The fourth-order valence-corrected chi connectivity index (χ4v) is 6.55. The third-order valence-corrected chi connectivity index (χ3v) is 8.11. The fourth-order valence-electron chi connectivity index (χ4n) is 6.55. The van der Waals surface area contributed by atoms with Crippen LogP contribution in [0.1, 0.15) is 42.5 Å². The minimum absolute atomic E-state index is 0.156. The van der Waals surface area contributed by atoms with Crippen molar-refractivity contribution in [1.82, 2.24) is 0 Å². The summed E-state index contributed by atoms with van der Waals surface area (Å²) in [6.07, 6.45) is 3.45. The molecule has 35 heavy (non-hydrogen) atoms. The SMILES string of the molecule is C=C(C)C(=O)OC1C2CC3C1OC(=O)C3C2C(=O)OC1(C)c2ccccc2C=Cc2ccccc21. The largest absolute Gasteiger partial charge is 0.458 e. The quantitative estimate of drug-likeness (QED) is 0.377. The molecule has 6 atom stereocenters. The Morgan fingerprint density at radius 2 is 1.60 bits per heavy atom. The minimum atomic E-state index is -1.07. The van der Waals surface area contributed by atoms with Gasteiger partial charge in [0.05, 0.1) is 11.8 Å². The van der Waals surface area contributed by atoms with E-state index in [0.717, 1.165) is 22.3 Å². The molecule has 6 unspecified atom stereocenters. The van der Waals surface area contributed by atoms with E-state index in [2.05, 4.69) is 6.58 Å². The van der Waals surface area contributed by atoms with Gasteiger partial charge in [-0.3, -0.25) is 9.59 Å². The molecule has 3 fully saturated rings. The van der Waals surface area contributed by atoms with Gasteiger partial charge in [0.1, 0.15) is 12.2 Å². The van der Waals surface area contributed by atoms with Crippen LogP contribution in [0.3, 0.4) is 0 Å². The van der Waals surface area contributed by atoms with Crippen LogP contribution in [0.2, 0.25) is 0 Å². The lowest BCUT2D eigenvalue weighted by Crippen LogP contribution is -2.45. The number of hydrogen-bond donors (Lipinski definition) is 0. The Hall–Kier alpha value is -3.67. The second-order valence-electron chi connectivity index (χ2n) is 10.1. The predicted octanol–water partition coefficient (Wildman–Crippen LogP) is 4.27. The van der Waals surface area contributed by atoms with Gasteiger partial charge < -0.3 is 14.2 Å². The minimum Gasteiger partial charge on any atom is -0.458 e. The summed E-state index contributed by atoms with van der Waals surface area (Å²) in [5.41, 5.74) is 2.85. The molecule has 0 radical (unpaired) electrons. The van der Waals surface area contributed by atoms with E-state index in [4.69, 9.17) is 14.2 Å². The van der Waals surface area contributed by atoms with Crippen LogP contribution >= 0.6 is 0 Å². The maximum Gasteiger partial charge on any atom is 0.333 e. The summed E-state index contributed by atoms with van der Waals surface area (Å²) in [4.78, 5) is 39.0. The third kappa shape index (κ3) is 3.12. The maximum absolute atomic E-state index is 13.9. The van der Waals surface area contributed by atoms with Gasteiger partial charge in [-0.05, 0) is 31.4 Å². The van der Waals surface area contributed by atoms with Gasteiger partial charge in [0.2, 0.25) is 0 Å². The van der Waals surface area contributed by atoms with E-state index in [-0.39, 0.29) is 17.4 Å². The Balaban J connectivity index is 1.38. The Morgan fingerprint density at radius 1 is 1.00 bits per heavy atom. The summed E-state index contributed by atoms with van der Waals surface area (Å²) >= 11 is 0. The average molecular weight is 471 g/mol. The van der Waals surface area contributed by atoms with Crippen molar-refractivity contribution in [3.63, 3.8) is 0 Å². The predicted molar refractivity (Wildman–Crippen MR) is 128 cm³/mol. The van der Waals surface area contributed by atoms with Gasteiger partial charge in [-0.2, -0.15) is 0 Å². The van der Waals surface area contributed by atoms with Crippen molar-refractivity contribution in [2.24, 2.45) is 23.7 Å². The zero-order chi connectivity index (χ0) is 24.5. The zero-order valence-corrected chi connectivity index (χ0v) is 19.6. The molecule has 6 heteroatoms. The molecule has 6 nitrogen and oxygen atoms in total. The number of ether oxygens (including phenoxy) is 3. The van der Waals surface area contributed by atoms with Crippen molar-refractivity contribution in [1.29, 1.82) is 0 Å². The fraction of sp³-hybridized carbons (Fsp3) is 0.345. The first-order valence-corrected chi connectivity index (χ1v) is 12.0. The number of esters is 3. The molecule has 1 heterocycles. The summed E-state index contributed by atoms with van der Waals surface area (Å²) in [5, 5.41) is 0. The van der Waals surface area contributed by atoms with Crippen LogP contribution in [0.4, 0.5) is 0 Å². The molecular weight excluding hydrogens is 444 g/mol. The highest BCUT2D eigenvalue weighted by atomic mass is 16.6. The number of rotatable bonds is 4. The summed E-state index contributed by atoms with van der Waals surface area (Å²) in [5.74, 6) is -3.22. The molecule has 2 aromatic carbocycles. The van der Waals surface area contributed by atoms with Crippen molar-refractivity contribution in [2.45, 2.75) is 38.1 Å². The lowest BCUT2D eigenvalue weighted by Gasteiger charge is -2.36. The van der Waals surface area contributed by atoms with E-state index in [9.17, 15) is 14.4 Å². The molecule has 2 saturated carbocycles. The van der Waals surface area contributed by atoms with Gasteiger partial charge in [0.15, 0.2) is 5.60 Å². The standard InChI is InChI=1S/C29H26O6/c1-15(2)26(30)33-24-19-14-18-22(27(31)34-25(18)24)23(19)28(32)35-29(3)20-10-6-4-8-16(20)12-13-17-9-5-7-11-21(17)29/h4-13,18-19,22-25H,1,14H2,2-3H3. The van der Waals surface area contributed by atoms with Crippen molar-refractivity contribution in [2.75, 3.05) is 0 Å². The highest BCUT2D eigenvalue weighted by Crippen LogP contribution is 2.59. The summed E-state index contributed by atoms with van der Waals surface area (Å²) in [7, 11) is 0. The molecule has 0 amide bonds. The van der Waals surface area contributed by atoms with Crippen LogP contribution in [0.5, 0.6) is 0 Å². The molecule has 0 aromatic heterocycles. The molecule has 0 spiro atoms. The molecule has 0 N–H and O–H groups in total. The first kappa shape index (κ1) is 21.8. The second kappa shape index (κ2) is 7.67. The lowest BCUT2D eigenvalue weighted by molar-refractivity contribution is -0.170. The number of carbonyl (C=O) groups is 3. The summed E-state index contributed by atoms with van der Waals surface area (Å²) in [6.45, 7) is 7.12. The molecule has 178 valence electrons. The monoisotopic (exact) mass is 470 g/mol. The Morgan fingerprint density at radius 3 is 2.20 bits per heavy atom. The van der Waals surface area contributed by atoms with E-state index < -0.39 is 47.6 Å². The second-order valence-corrected chi connectivity index (χ2v) is 10.1. The topological polar surface area (TPSA) is 78.9 Å². The summed E-state index contributed by atoms with van der Waals surface area (Å²) < 4.78 is 17.7. The van der Waals surface area contributed by atoms with Crippen LogP contribution < -0.4 is 0 Å². The summed E-state index contributed by atoms with van der Waals surface area (Å²) in [6, 6.07) is 15.7. The molecule has 3 aliphatic carbocycles. The van der Waals surface area contributed by atoms with Crippen molar-refractivity contribution in [3.05, 3.63) is 82.9 Å².